The standard InChI is InChI=1S/C27H28/c1-17-8-6-7-9-21(17)19-12-18-10-11-22-24(23(18)13-19)14-20-15-26(2,3)16-27(4,5)25(20)22/h6-13,15H,14,16H2,1-5H3. The Hall–Kier alpha value is -2.34. The Morgan fingerprint density at radius 3 is 2.44 bits per heavy atom. The lowest BCUT2D eigenvalue weighted by Crippen LogP contribution is -2.30. The van der Waals surface area contributed by atoms with Gasteiger partial charge in [-0.25, -0.2) is 0 Å². The molecule has 2 aromatic carbocycles. The molecule has 0 bridgehead atoms. The number of fused-ring (bicyclic) bond motifs is 4. The predicted octanol–water partition coefficient (Wildman–Crippen LogP) is 5.42. The molecule has 0 nitrogen and oxygen atoms in total. The minimum absolute atomic E-state index is 0.234. The summed E-state index contributed by atoms with van der Waals surface area (Å²) in [5.74, 6) is 0. The van der Waals surface area contributed by atoms with E-state index < -0.39 is 0 Å². The fourth-order valence-electron chi connectivity index (χ4n) is 5.95. The molecule has 5 rings (SSSR count). The van der Waals surface area contributed by atoms with E-state index in [-0.39, 0.29) is 10.8 Å². The summed E-state index contributed by atoms with van der Waals surface area (Å²) in [6.07, 6.45) is 9.64. The third-order valence-corrected chi connectivity index (χ3v) is 6.55. The zero-order valence-corrected chi connectivity index (χ0v) is 17.1. The number of benzene rings is 2. The molecule has 0 saturated heterocycles. The summed E-state index contributed by atoms with van der Waals surface area (Å²) < 4.78 is 0. The van der Waals surface area contributed by atoms with Crippen LogP contribution in [-0.2, 0) is 6.42 Å². The molecule has 0 fully saturated rings. The topological polar surface area (TPSA) is 0 Å². The van der Waals surface area contributed by atoms with E-state index in [4.69, 9.17) is 0 Å². The van der Waals surface area contributed by atoms with Crippen molar-refractivity contribution in [1.82, 2.24) is 0 Å². The fourth-order valence-corrected chi connectivity index (χ4v) is 5.95. The molecule has 3 aliphatic carbocycles. The van der Waals surface area contributed by atoms with Gasteiger partial charge in [0, 0.05) is 0 Å². The maximum Gasteiger partial charge on any atom is -0.00133 e. The van der Waals surface area contributed by atoms with Crippen LogP contribution in [0, 0.1) is 17.8 Å². The van der Waals surface area contributed by atoms with Gasteiger partial charge in [0.15, 0.2) is 0 Å². The highest BCUT2D eigenvalue weighted by atomic mass is 14.4. The quantitative estimate of drug-likeness (QED) is 0.643. The normalized spacial score (nSPS) is 21.0. The molecule has 0 unspecified atom stereocenters. The third-order valence-electron chi connectivity index (χ3n) is 6.55. The molecule has 2 aromatic rings. The highest BCUT2D eigenvalue weighted by molar-refractivity contribution is 6.03. The number of hydrogen-bond donors (Lipinski definition) is 0. The highest BCUT2D eigenvalue weighted by Gasteiger charge is 2.40. The van der Waals surface area contributed by atoms with Gasteiger partial charge in [-0.3, -0.25) is 0 Å². The SMILES string of the molecule is Cc1ccccc1C1=Cc2c3c(ccc2=C1)=C1C(=CC(C)(C)CC1(C)C)C3. The van der Waals surface area contributed by atoms with Crippen molar-refractivity contribution in [3.8, 4) is 0 Å². The summed E-state index contributed by atoms with van der Waals surface area (Å²) in [7, 11) is 0. The summed E-state index contributed by atoms with van der Waals surface area (Å²) in [5.41, 5.74) is 10.7. The van der Waals surface area contributed by atoms with E-state index in [1.54, 1.807) is 16.7 Å². The monoisotopic (exact) mass is 352 g/mol. The minimum Gasteiger partial charge on any atom is -0.0750 e. The number of aryl methyl sites for hydroxylation is 1. The third kappa shape index (κ3) is 2.50. The molecule has 27 heavy (non-hydrogen) atoms. The first-order valence-electron chi connectivity index (χ1n) is 10.1. The van der Waals surface area contributed by atoms with Crippen molar-refractivity contribution >= 4 is 23.3 Å². The van der Waals surface area contributed by atoms with Crippen LogP contribution in [0.1, 0.15) is 56.4 Å². The van der Waals surface area contributed by atoms with Gasteiger partial charge in [0.1, 0.15) is 0 Å². The molecule has 0 aromatic heterocycles. The first kappa shape index (κ1) is 16.8. The van der Waals surface area contributed by atoms with Gasteiger partial charge in [-0.2, -0.15) is 0 Å². The Labute approximate surface area is 162 Å². The summed E-state index contributed by atoms with van der Waals surface area (Å²) in [6, 6.07) is 13.4. The largest absolute Gasteiger partial charge is 0.0750 e. The zero-order chi connectivity index (χ0) is 19.0. The second-order valence-corrected chi connectivity index (χ2v) is 9.92. The maximum atomic E-state index is 2.55. The number of allylic oxidation sites excluding steroid dienone is 3. The van der Waals surface area contributed by atoms with Gasteiger partial charge >= 0.3 is 0 Å². The molecule has 0 aliphatic heterocycles. The van der Waals surface area contributed by atoms with Gasteiger partial charge in [0.25, 0.3) is 0 Å². The average Bonchev–Trinajstić information content (AvgIpc) is 3.13. The van der Waals surface area contributed by atoms with Gasteiger partial charge in [-0.15, -0.1) is 0 Å². The van der Waals surface area contributed by atoms with E-state index in [0.29, 0.717) is 0 Å². The Kier molecular flexibility index (Phi) is 3.33. The molecule has 0 heteroatoms. The van der Waals surface area contributed by atoms with Crippen LogP contribution in [0.4, 0.5) is 0 Å². The molecular formula is C27H28. The van der Waals surface area contributed by atoms with Crippen molar-refractivity contribution in [3.63, 3.8) is 0 Å². The van der Waals surface area contributed by atoms with Gasteiger partial charge < -0.3 is 0 Å². The molecule has 0 radical (unpaired) electrons. The molecule has 0 amide bonds. The fraction of sp³-hybridized carbons (Fsp3) is 0.333. The first-order valence-corrected chi connectivity index (χ1v) is 10.1. The minimum atomic E-state index is 0.234. The number of rotatable bonds is 1. The summed E-state index contributed by atoms with van der Waals surface area (Å²) in [5, 5.41) is 2.88. The smallest absolute Gasteiger partial charge is 0.00133 e. The van der Waals surface area contributed by atoms with E-state index >= 15 is 0 Å². The van der Waals surface area contributed by atoms with Crippen LogP contribution in [0.3, 0.4) is 0 Å². The van der Waals surface area contributed by atoms with Crippen molar-refractivity contribution < 1.29 is 0 Å². The van der Waals surface area contributed by atoms with Crippen molar-refractivity contribution in [2.75, 3.05) is 0 Å². The highest BCUT2D eigenvalue weighted by Crippen LogP contribution is 2.51. The van der Waals surface area contributed by atoms with Gasteiger partial charge in [-0.1, -0.05) is 70.2 Å². The molecule has 0 heterocycles. The molecule has 0 atom stereocenters. The van der Waals surface area contributed by atoms with Crippen LogP contribution in [0.25, 0.3) is 23.3 Å². The Bertz CT molecular complexity index is 1160. The zero-order valence-electron chi connectivity index (χ0n) is 17.1. The molecule has 0 spiro atoms. The molecule has 3 aliphatic rings. The van der Waals surface area contributed by atoms with E-state index in [9.17, 15) is 0 Å². The van der Waals surface area contributed by atoms with Gasteiger partial charge in [-0.05, 0) is 92.2 Å². The summed E-state index contributed by atoms with van der Waals surface area (Å²) in [6.45, 7) is 11.8. The van der Waals surface area contributed by atoms with Crippen molar-refractivity contribution in [3.05, 3.63) is 80.7 Å². The second kappa shape index (κ2) is 5.35. The van der Waals surface area contributed by atoms with Gasteiger partial charge in [0.2, 0.25) is 0 Å². The summed E-state index contributed by atoms with van der Waals surface area (Å²) in [4.78, 5) is 0. The maximum absolute atomic E-state index is 2.55. The Morgan fingerprint density at radius 2 is 1.67 bits per heavy atom. The van der Waals surface area contributed by atoms with E-state index in [2.05, 4.69) is 89.2 Å². The van der Waals surface area contributed by atoms with Crippen LogP contribution in [0.2, 0.25) is 0 Å². The molecular weight excluding hydrogens is 324 g/mol. The van der Waals surface area contributed by atoms with E-state index in [1.165, 1.54) is 39.1 Å². The molecule has 0 saturated carbocycles. The predicted molar refractivity (Wildman–Crippen MR) is 117 cm³/mol. The number of hydrogen-bond acceptors (Lipinski definition) is 0. The van der Waals surface area contributed by atoms with Crippen LogP contribution in [0.15, 0.2) is 48.0 Å². The first-order chi connectivity index (χ1) is 12.8. The van der Waals surface area contributed by atoms with E-state index in [0.717, 1.165) is 6.42 Å². The lowest BCUT2D eigenvalue weighted by molar-refractivity contribution is 0.292. The van der Waals surface area contributed by atoms with Crippen LogP contribution < -0.4 is 10.4 Å². The van der Waals surface area contributed by atoms with Crippen molar-refractivity contribution in [2.24, 2.45) is 10.8 Å². The lowest BCUT2D eigenvalue weighted by Gasteiger charge is -2.40. The second-order valence-electron chi connectivity index (χ2n) is 9.92. The van der Waals surface area contributed by atoms with Crippen molar-refractivity contribution in [1.29, 1.82) is 0 Å². The van der Waals surface area contributed by atoms with Crippen LogP contribution >= 0.6 is 0 Å². The van der Waals surface area contributed by atoms with Crippen molar-refractivity contribution in [2.45, 2.75) is 47.5 Å². The summed E-state index contributed by atoms with van der Waals surface area (Å²) >= 11 is 0. The van der Waals surface area contributed by atoms with E-state index in [1.807, 2.05) is 0 Å². The average molecular weight is 353 g/mol. The Balaban J connectivity index is 1.73. The lowest BCUT2D eigenvalue weighted by atomic mass is 9.64. The van der Waals surface area contributed by atoms with Gasteiger partial charge in [0.05, 0.1) is 0 Å². The Morgan fingerprint density at radius 1 is 0.889 bits per heavy atom. The van der Waals surface area contributed by atoms with Crippen LogP contribution in [-0.4, -0.2) is 0 Å². The molecule has 136 valence electrons. The molecule has 0 N–H and O–H groups in total. The van der Waals surface area contributed by atoms with Crippen LogP contribution in [0.5, 0.6) is 0 Å².